The molecule has 0 spiro atoms. The van der Waals surface area contributed by atoms with E-state index in [1.807, 2.05) is 13.8 Å². The van der Waals surface area contributed by atoms with Crippen molar-refractivity contribution in [1.82, 2.24) is 0 Å². The molecule has 2 nitrogen and oxygen atoms in total. The molecule has 0 aliphatic rings. The van der Waals surface area contributed by atoms with Crippen molar-refractivity contribution in [3.8, 4) is 0 Å². The van der Waals surface area contributed by atoms with Crippen LogP contribution in [0.3, 0.4) is 0 Å². The summed E-state index contributed by atoms with van der Waals surface area (Å²) in [4.78, 5) is 11.3. The van der Waals surface area contributed by atoms with Gasteiger partial charge in [-0.25, -0.2) is 0 Å². The van der Waals surface area contributed by atoms with E-state index in [0.717, 1.165) is 25.7 Å². The Bertz CT molecular complexity index is 126. The van der Waals surface area contributed by atoms with E-state index in [-0.39, 0.29) is 29.0 Å². The number of ether oxygens (including phenoxy) is 1. The molecule has 1 atom stereocenters. The fraction of sp³-hybridized carbons (Fsp3) is 0.900. The predicted octanol–water partition coefficient (Wildman–Crippen LogP) is 2.76. The first-order valence-corrected chi connectivity index (χ1v) is 4.92. The molecule has 0 bridgehead atoms. The van der Waals surface area contributed by atoms with Gasteiger partial charge in [-0.3, -0.25) is 4.79 Å². The number of rotatable bonds is 6. The smallest absolute Gasteiger partial charge is 0.308 e. The van der Waals surface area contributed by atoms with Crippen LogP contribution in [0.4, 0.5) is 0 Å². The largest absolute Gasteiger partial charge is 0.466 e. The Balaban J connectivity index is 0. The van der Waals surface area contributed by atoms with Gasteiger partial charge in [0.25, 0.3) is 0 Å². The van der Waals surface area contributed by atoms with Crippen LogP contribution in [0, 0.1) is 5.92 Å². The Morgan fingerprint density at radius 3 is 2.31 bits per heavy atom. The summed E-state index contributed by atoms with van der Waals surface area (Å²) in [6.45, 7) is 6.53. The summed E-state index contributed by atoms with van der Waals surface area (Å²) < 4.78 is 4.95. The third kappa shape index (κ3) is 7.09. The van der Waals surface area contributed by atoms with Crippen LogP contribution >= 0.6 is 0 Å². The van der Waals surface area contributed by atoms with Crippen molar-refractivity contribution in [1.29, 1.82) is 0 Å². The van der Waals surface area contributed by atoms with Crippen LogP contribution in [0.2, 0.25) is 0 Å². The van der Waals surface area contributed by atoms with E-state index in [2.05, 4.69) is 6.92 Å². The second-order valence-electron chi connectivity index (χ2n) is 3.00. The van der Waals surface area contributed by atoms with Crippen LogP contribution in [-0.4, -0.2) is 12.6 Å². The predicted molar refractivity (Wildman–Crippen MR) is 49.9 cm³/mol. The molecule has 0 aromatic heterocycles. The zero-order valence-corrected chi connectivity index (χ0v) is 9.67. The third-order valence-corrected chi connectivity index (χ3v) is 2.02. The van der Waals surface area contributed by atoms with E-state index >= 15 is 0 Å². The minimum Gasteiger partial charge on any atom is -0.466 e. The number of carbonyl (C=O) groups excluding carboxylic acids is 1. The summed E-state index contributed by atoms with van der Waals surface area (Å²) in [6, 6.07) is 0. The second kappa shape index (κ2) is 10.1. The first-order chi connectivity index (χ1) is 5.76. The Kier molecular flexibility index (Phi) is 12.0. The molecule has 0 heterocycles. The molecule has 83 valence electrons. The molecule has 0 aromatic rings. The molecule has 0 aliphatic carbocycles. The van der Waals surface area contributed by atoms with E-state index < -0.39 is 0 Å². The van der Waals surface area contributed by atoms with Crippen molar-refractivity contribution in [2.75, 3.05) is 6.61 Å². The molecule has 0 aromatic carbocycles. The fourth-order valence-electron chi connectivity index (χ4n) is 1.20. The van der Waals surface area contributed by atoms with Crippen molar-refractivity contribution >= 4 is 5.97 Å². The molecule has 0 amide bonds. The molecule has 0 saturated heterocycles. The summed E-state index contributed by atoms with van der Waals surface area (Å²) in [5.74, 6) is 0.110. The summed E-state index contributed by atoms with van der Waals surface area (Å²) in [6.07, 6.45) is 4.15. The van der Waals surface area contributed by atoms with E-state index in [0.29, 0.717) is 6.61 Å². The van der Waals surface area contributed by atoms with Gasteiger partial charge in [0.05, 0.1) is 12.5 Å². The van der Waals surface area contributed by atoms with Gasteiger partial charge in [0.1, 0.15) is 0 Å². The van der Waals surface area contributed by atoms with Gasteiger partial charge in [0.2, 0.25) is 0 Å². The SMILES string of the molecule is CCCCC(CC)C(=O)OCC.[Cu]. The second-order valence-corrected chi connectivity index (χ2v) is 3.00. The summed E-state index contributed by atoms with van der Waals surface area (Å²) >= 11 is 0. The van der Waals surface area contributed by atoms with Gasteiger partial charge >= 0.3 is 5.97 Å². The van der Waals surface area contributed by atoms with E-state index in [4.69, 9.17) is 4.74 Å². The first-order valence-electron chi connectivity index (χ1n) is 4.92. The van der Waals surface area contributed by atoms with Crippen LogP contribution in [0.5, 0.6) is 0 Å². The van der Waals surface area contributed by atoms with E-state index in [1.165, 1.54) is 0 Å². The van der Waals surface area contributed by atoms with Crippen LogP contribution in [0.15, 0.2) is 0 Å². The molecule has 0 saturated carbocycles. The summed E-state index contributed by atoms with van der Waals surface area (Å²) in [5, 5.41) is 0. The monoisotopic (exact) mass is 235 g/mol. The van der Waals surface area contributed by atoms with Gasteiger partial charge in [0.15, 0.2) is 0 Å². The molecule has 0 fully saturated rings. The molecule has 3 heteroatoms. The molecule has 1 unspecified atom stereocenters. The molecule has 1 radical (unpaired) electrons. The van der Waals surface area contributed by atoms with Gasteiger partial charge in [-0.05, 0) is 19.8 Å². The normalized spacial score (nSPS) is 11.6. The zero-order valence-electron chi connectivity index (χ0n) is 8.73. The Morgan fingerprint density at radius 2 is 1.92 bits per heavy atom. The van der Waals surface area contributed by atoms with Crippen molar-refractivity contribution in [3.63, 3.8) is 0 Å². The minimum absolute atomic E-state index is 0. The molecule has 13 heavy (non-hydrogen) atoms. The van der Waals surface area contributed by atoms with Crippen LogP contribution in [0.25, 0.3) is 0 Å². The van der Waals surface area contributed by atoms with Crippen molar-refractivity contribution in [3.05, 3.63) is 0 Å². The maximum Gasteiger partial charge on any atom is 0.308 e. The average Bonchev–Trinajstić information content (AvgIpc) is 2.06. The number of hydrogen-bond donors (Lipinski definition) is 0. The number of hydrogen-bond acceptors (Lipinski definition) is 2. The standard InChI is InChI=1S/C10H20O2.Cu/c1-4-7-8-9(5-2)10(11)12-6-3;/h9H,4-8H2,1-3H3;. The van der Waals surface area contributed by atoms with Gasteiger partial charge in [-0.1, -0.05) is 26.7 Å². The molecule has 0 aliphatic heterocycles. The molecule has 0 N–H and O–H groups in total. The number of esters is 1. The van der Waals surface area contributed by atoms with Crippen molar-refractivity contribution in [2.24, 2.45) is 5.92 Å². The third-order valence-electron chi connectivity index (χ3n) is 2.02. The van der Waals surface area contributed by atoms with Gasteiger partial charge in [0, 0.05) is 17.1 Å². The van der Waals surface area contributed by atoms with E-state index in [1.54, 1.807) is 0 Å². The van der Waals surface area contributed by atoms with E-state index in [9.17, 15) is 4.79 Å². The topological polar surface area (TPSA) is 26.3 Å². The maximum atomic E-state index is 11.3. The maximum absolute atomic E-state index is 11.3. The van der Waals surface area contributed by atoms with Crippen molar-refractivity contribution < 1.29 is 26.6 Å². The average molecular weight is 236 g/mol. The van der Waals surface area contributed by atoms with Crippen LogP contribution < -0.4 is 0 Å². The molecular formula is C10H20CuO2. The quantitative estimate of drug-likeness (QED) is 0.523. The minimum atomic E-state index is -0.0200. The molecule has 0 rings (SSSR count). The fourth-order valence-corrected chi connectivity index (χ4v) is 1.20. The van der Waals surface area contributed by atoms with Gasteiger partial charge in [-0.15, -0.1) is 0 Å². The number of carbonyl (C=O) groups is 1. The van der Waals surface area contributed by atoms with Gasteiger partial charge in [-0.2, -0.15) is 0 Å². The zero-order chi connectivity index (χ0) is 9.40. The van der Waals surface area contributed by atoms with Crippen molar-refractivity contribution in [2.45, 2.75) is 46.5 Å². The van der Waals surface area contributed by atoms with Gasteiger partial charge < -0.3 is 4.74 Å². The number of unbranched alkanes of at least 4 members (excludes halogenated alkanes) is 1. The molecular weight excluding hydrogens is 216 g/mol. The Hall–Kier alpha value is -0.0105. The first kappa shape index (κ1) is 15.5. The summed E-state index contributed by atoms with van der Waals surface area (Å²) in [7, 11) is 0. The Labute approximate surface area is 91.9 Å². The van der Waals surface area contributed by atoms with Crippen LogP contribution in [-0.2, 0) is 26.6 Å². The van der Waals surface area contributed by atoms with Crippen LogP contribution in [0.1, 0.15) is 46.5 Å². The summed E-state index contributed by atoms with van der Waals surface area (Å²) in [5.41, 5.74) is 0. The Morgan fingerprint density at radius 1 is 1.31 bits per heavy atom.